The highest BCUT2D eigenvalue weighted by Crippen LogP contribution is 2.21. The van der Waals surface area contributed by atoms with Gasteiger partial charge in [0.05, 0.1) is 5.69 Å². The largest absolute Gasteiger partial charge is 0.310 e. The van der Waals surface area contributed by atoms with E-state index < -0.39 is 0 Å². The molecule has 1 saturated heterocycles. The fourth-order valence-corrected chi connectivity index (χ4v) is 3.55. The third-order valence-corrected chi connectivity index (χ3v) is 4.72. The smallest absolute Gasteiger partial charge is 0.0644 e. The molecule has 1 aromatic heterocycles. The summed E-state index contributed by atoms with van der Waals surface area (Å²) in [5.74, 6) is 0. The average Bonchev–Trinajstić information content (AvgIpc) is 2.79. The first-order valence-electron chi connectivity index (χ1n) is 8.63. The Hall–Kier alpha value is -0.870. The summed E-state index contributed by atoms with van der Waals surface area (Å²) in [5, 5.41) is 8.30. The molecule has 21 heavy (non-hydrogen) atoms. The van der Waals surface area contributed by atoms with Crippen LogP contribution in [-0.4, -0.2) is 40.9 Å². The lowest BCUT2D eigenvalue weighted by Gasteiger charge is -2.26. The second kappa shape index (κ2) is 7.95. The molecule has 1 fully saturated rings. The maximum atomic E-state index is 4.62. The Morgan fingerprint density at radius 3 is 2.52 bits per heavy atom. The van der Waals surface area contributed by atoms with Gasteiger partial charge in [0.2, 0.25) is 0 Å². The van der Waals surface area contributed by atoms with Gasteiger partial charge in [-0.1, -0.05) is 6.42 Å². The predicted octanol–water partition coefficient (Wildman–Crippen LogP) is 3.05. The van der Waals surface area contributed by atoms with Gasteiger partial charge >= 0.3 is 0 Å². The van der Waals surface area contributed by atoms with E-state index >= 15 is 0 Å². The molecule has 0 saturated carbocycles. The Labute approximate surface area is 129 Å². The standard InChI is InChI=1S/C17H32N4/c1-5-21-16(4)17(15(3)19-21)14(2)18-10-9-13-20-11-7-6-8-12-20/h14,18H,5-13H2,1-4H3. The summed E-state index contributed by atoms with van der Waals surface area (Å²) in [5.41, 5.74) is 3.87. The summed E-state index contributed by atoms with van der Waals surface area (Å²) in [6.07, 6.45) is 5.44. The lowest BCUT2D eigenvalue weighted by molar-refractivity contribution is 0.225. The number of nitrogens with zero attached hydrogens (tertiary/aromatic N) is 3. The number of hydrogen-bond acceptors (Lipinski definition) is 3. The molecule has 0 spiro atoms. The summed E-state index contributed by atoms with van der Waals surface area (Å²) in [4.78, 5) is 2.61. The van der Waals surface area contributed by atoms with Crippen LogP contribution < -0.4 is 5.32 Å². The van der Waals surface area contributed by atoms with Crippen LogP contribution in [0.5, 0.6) is 0 Å². The Bertz CT molecular complexity index is 432. The zero-order chi connectivity index (χ0) is 15.2. The van der Waals surface area contributed by atoms with Crippen molar-refractivity contribution in [2.75, 3.05) is 26.2 Å². The molecule has 1 aliphatic rings. The second-order valence-corrected chi connectivity index (χ2v) is 6.33. The Kier molecular flexibility index (Phi) is 6.24. The third-order valence-electron chi connectivity index (χ3n) is 4.72. The van der Waals surface area contributed by atoms with Crippen LogP contribution in [0.2, 0.25) is 0 Å². The van der Waals surface area contributed by atoms with Gasteiger partial charge in [0.1, 0.15) is 0 Å². The quantitative estimate of drug-likeness (QED) is 0.784. The van der Waals surface area contributed by atoms with Gasteiger partial charge in [-0.2, -0.15) is 5.10 Å². The molecule has 1 N–H and O–H groups in total. The van der Waals surface area contributed by atoms with Crippen LogP contribution in [0.1, 0.15) is 62.5 Å². The van der Waals surface area contributed by atoms with Gasteiger partial charge in [-0.25, -0.2) is 0 Å². The van der Waals surface area contributed by atoms with Crippen molar-refractivity contribution in [2.45, 2.75) is 66.0 Å². The minimum Gasteiger partial charge on any atom is -0.310 e. The topological polar surface area (TPSA) is 33.1 Å². The minimum absolute atomic E-state index is 0.395. The molecule has 2 heterocycles. The highest BCUT2D eigenvalue weighted by Gasteiger charge is 2.16. The number of nitrogens with one attached hydrogen (secondary N) is 1. The summed E-state index contributed by atoms with van der Waals surface area (Å²) >= 11 is 0. The van der Waals surface area contributed by atoms with Crippen molar-refractivity contribution in [1.82, 2.24) is 20.0 Å². The van der Waals surface area contributed by atoms with Crippen LogP contribution in [0.25, 0.3) is 0 Å². The van der Waals surface area contributed by atoms with Crippen molar-refractivity contribution in [3.05, 3.63) is 17.0 Å². The molecule has 2 rings (SSSR count). The molecule has 1 atom stereocenters. The van der Waals surface area contributed by atoms with Crippen molar-refractivity contribution < 1.29 is 0 Å². The van der Waals surface area contributed by atoms with Crippen molar-refractivity contribution in [1.29, 1.82) is 0 Å². The molecule has 120 valence electrons. The van der Waals surface area contributed by atoms with E-state index in [0.717, 1.165) is 13.1 Å². The Morgan fingerprint density at radius 2 is 1.90 bits per heavy atom. The van der Waals surface area contributed by atoms with Gasteiger partial charge in [0.15, 0.2) is 0 Å². The molecule has 1 unspecified atom stereocenters. The summed E-state index contributed by atoms with van der Waals surface area (Å²) in [6.45, 7) is 14.6. The number of rotatable bonds is 7. The van der Waals surface area contributed by atoms with E-state index in [-0.39, 0.29) is 0 Å². The van der Waals surface area contributed by atoms with Crippen LogP contribution in [0.15, 0.2) is 0 Å². The van der Waals surface area contributed by atoms with Gasteiger partial charge < -0.3 is 10.2 Å². The molecule has 0 amide bonds. The predicted molar refractivity (Wildman–Crippen MR) is 88.7 cm³/mol. The fourth-order valence-electron chi connectivity index (χ4n) is 3.55. The average molecular weight is 292 g/mol. The lowest BCUT2D eigenvalue weighted by atomic mass is 10.1. The summed E-state index contributed by atoms with van der Waals surface area (Å²) in [6, 6.07) is 0.395. The molecule has 4 heteroatoms. The molecule has 1 aliphatic heterocycles. The molecule has 0 bridgehead atoms. The highest BCUT2D eigenvalue weighted by atomic mass is 15.3. The van der Waals surface area contributed by atoms with Gasteiger partial charge in [-0.3, -0.25) is 4.68 Å². The molecular weight excluding hydrogens is 260 g/mol. The van der Waals surface area contributed by atoms with E-state index in [1.165, 1.54) is 62.3 Å². The van der Waals surface area contributed by atoms with E-state index in [0.29, 0.717) is 6.04 Å². The molecule has 0 radical (unpaired) electrons. The zero-order valence-corrected chi connectivity index (χ0v) is 14.3. The molecule has 4 nitrogen and oxygen atoms in total. The normalized spacial score (nSPS) is 18.1. The first kappa shape index (κ1) is 16.5. The van der Waals surface area contributed by atoms with E-state index in [4.69, 9.17) is 0 Å². The molecule has 1 aromatic rings. The molecule has 0 aliphatic carbocycles. The zero-order valence-electron chi connectivity index (χ0n) is 14.3. The number of aromatic nitrogens is 2. The lowest BCUT2D eigenvalue weighted by Crippen LogP contribution is -2.32. The van der Waals surface area contributed by atoms with Gasteiger partial charge in [0, 0.05) is 23.8 Å². The van der Waals surface area contributed by atoms with Crippen molar-refractivity contribution in [2.24, 2.45) is 0 Å². The van der Waals surface area contributed by atoms with Crippen LogP contribution in [-0.2, 0) is 6.54 Å². The maximum Gasteiger partial charge on any atom is 0.0644 e. The van der Waals surface area contributed by atoms with Crippen LogP contribution in [0, 0.1) is 13.8 Å². The molecular formula is C17H32N4. The third kappa shape index (κ3) is 4.30. The second-order valence-electron chi connectivity index (χ2n) is 6.33. The molecule has 0 aromatic carbocycles. The van der Waals surface area contributed by atoms with Crippen LogP contribution in [0.3, 0.4) is 0 Å². The van der Waals surface area contributed by atoms with E-state index in [1.54, 1.807) is 0 Å². The van der Waals surface area contributed by atoms with Crippen LogP contribution >= 0.6 is 0 Å². The first-order chi connectivity index (χ1) is 10.1. The van der Waals surface area contributed by atoms with Crippen LogP contribution in [0.4, 0.5) is 0 Å². The minimum atomic E-state index is 0.395. The first-order valence-corrected chi connectivity index (χ1v) is 8.63. The van der Waals surface area contributed by atoms with Gasteiger partial charge in [0.25, 0.3) is 0 Å². The van der Waals surface area contributed by atoms with Crippen molar-refractivity contribution in [3.63, 3.8) is 0 Å². The maximum absolute atomic E-state index is 4.62. The number of piperidine rings is 1. The Balaban J connectivity index is 1.76. The van der Waals surface area contributed by atoms with E-state index in [1.807, 2.05) is 0 Å². The van der Waals surface area contributed by atoms with Gasteiger partial charge in [-0.15, -0.1) is 0 Å². The van der Waals surface area contributed by atoms with E-state index in [9.17, 15) is 0 Å². The van der Waals surface area contributed by atoms with Crippen molar-refractivity contribution >= 4 is 0 Å². The number of aryl methyl sites for hydroxylation is 2. The van der Waals surface area contributed by atoms with E-state index in [2.05, 4.69) is 47.7 Å². The van der Waals surface area contributed by atoms with Crippen molar-refractivity contribution in [3.8, 4) is 0 Å². The van der Waals surface area contributed by atoms with Gasteiger partial charge in [-0.05, 0) is 73.1 Å². The number of likely N-dealkylation sites (tertiary alicyclic amines) is 1. The summed E-state index contributed by atoms with van der Waals surface area (Å²) in [7, 11) is 0. The number of hydrogen-bond donors (Lipinski definition) is 1. The highest BCUT2D eigenvalue weighted by molar-refractivity contribution is 5.27. The SMILES string of the molecule is CCn1nc(C)c(C(C)NCCCN2CCCCC2)c1C. The fraction of sp³-hybridized carbons (Fsp3) is 0.824. The Morgan fingerprint density at radius 1 is 1.19 bits per heavy atom. The monoisotopic (exact) mass is 292 g/mol. The summed E-state index contributed by atoms with van der Waals surface area (Å²) < 4.78 is 2.11.